The van der Waals surface area contributed by atoms with Crippen LogP contribution < -0.4 is 0 Å². The van der Waals surface area contributed by atoms with Crippen LogP contribution >= 0.6 is 0 Å². The maximum atomic E-state index is 11.6. The molecule has 0 amide bonds. The van der Waals surface area contributed by atoms with Crippen molar-refractivity contribution in [3.8, 4) is 11.8 Å². The first-order valence-electron chi connectivity index (χ1n) is 5.57. The highest BCUT2D eigenvalue weighted by Gasteiger charge is 2.16. The van der Waals surface area contributed by atoms with Crippen molar-refractivity contribution >= 4 is 5.97 Å². The van der Waals surface area contributed by atoms with Gasteiger partial charge in [-0.2, -0.15) is 0 Å². The lowest BCUT2D eigenvalue weighted by Gasteiger charge is -1.99. The molecule has 1 aromatic rings. The zero-order valence-electron chi connectivity index (χ0n) is 10.4. The number of carbonyl (C=O) groups excluding carboxylic acids is 1. The molecule has 0 radical (unpaired) electrons. The van der Waals surface area contributed by atoms with Crippen molar-refractivity contribution in [2.24, 2.45) is 0 Å². The predicted molar refractivity (Wildman–Crippen MR) is 64.8 cm³/mol. The number of carbonyl (C=O) groups is 1. The summed E-state index contributed by atoms with van der Waals surface area (Å²) in [6, 6.07) is 0. The molecule has 0 unspecified atom stereocenters. The zero-order chi connectivity index (χ0) is 12.8. The summed E-state index contributed by atoms with van der Waals surface area (Å²) >= 11 is 0. The maximum Gasteiger partial charge on any atom is 0.355 e. The van der Waals surface area contributed by atoms with Gasteiger partial charge in [0.2, 0.25) is 0 Å². The van der Waals surface area contributed by atoms with Gasteiger partial charge in [-0.15, -0.1) is 0 Å². The van der Waals surface area contributed by atoms with Crippen LogP contribution in [0.3, 0.4) is 0 Å². The summed E-state index contributed by atoms with van der Waals surface area (Å²) in [5, 5.41) is 8.66. The third-order valence-corrected chi connectivity index (χ3v) is 2.37. The molecule has 4 heteroatoms. The number of aromatic nitrogens is 1. The van der Waals surface area contributed by atoms with Gasteiger partial charge in [-0.3, -0.25) is 0 Å². The number of ether oxygens (including phenoxy) is 1. The molecule has 0 atom stereocenters. The summed E-state index contributed by atoms with van der Waals surface area (Å²) in [6.45, 7) is 5.85. The fourth-order valence-electron chi connectivity index (χ4n) is 1.55. The molecule has 92 valence electrons. The fourth-order valence-corrected chi connectivity index (χ4v) is 1.55. The monoisotopic (exact) mass is 235 g/mol. The molecule has 0 aliphatic rings. The molecule has 0 aromatic carbocycles. The van der Waals surface area contributed by atoms with Crippen LogP contribution in [0.2, 0.25) is 0 Å². The molecule has 0 bridgehead atoms. The maximum absolute atomic E-state index is 11.6. The Morgan fingerprint density at radius 2 is 2.18 bits per heavy atom. The van der Waals surface area contributed by atoms with Crippen LogP contribution in [0, 0.1) is 25.7 Å². The summed E-state index contributed by atoms with van der Waals surface area (Å²) < 4.78 is 4.94. The van der Waals surface area contributed by atoms with Crippen LogP contribution in [0.15, 0.2) is 0 Å². The minimum absolute atomic E-state index is 0.0419. The lowest BCUT2D eigenvalue weighted by molar-refractivity contribution is 0.0519. The third-order valence-electron chi connectivity index (χ3n) is 2.37. The average Bonchev–Trinajstić information content (AvgIpc) is 2.57. The number of aryl methyl sites for hydroxylation is 1. The number of esters is 1. The van der Waals surface area contributed by atoms with Gasteiger partial charge in [0.25, 0.3) is 0 Å². The van der Waals surface area contributed by atoms with E-state index in [1.807, 2.05) is 13.8 Å². The highest BCUT2D eigenvalue weighted by molar-refractivity contribution is 5.90. The minimum Gasteiger partial charge on any atom is -0.461 e. The molecule has 0 aliphatic carbocycles. The second kappa shape index (κ2) is 6.12. The molecular formula is C13H17NO3. The Labute approximate surface area is 101 Å². The van der Waals surface area contributed by atoms with E-state index < -0.39 is 0 Å². The lowest BCUT2D eigenvalue weighted by Crippen LogP contribution is -2.06. The number of aromatic amines is 1. The summed E-state index contributed by atoms with van der Waals surface area (Å²) in [5.41, 5.74) is 2.90. The van der Waals surface area contributed by atoms with Gasteiger partial charge in [-0.05, 0) is 26.3 Å². The van der Waals surface area contributed by atoms with Crippen molar-refractivity contribution in [3.63, 3.8) is 0 Å². The molecule has 1 aromatic heterocycles. The van der Waals surface area contributed by atoms with Gasteiger partial charge in [0.15, 0.2) is 0 Å². The standard InChI is InChI=1S/C13H17NO3/c1-4-17-13(16)12-9(2)11(10(3)14-12)7-5-6-8-15/h14-15H,4,6,8H2,1-3H3. The van der Waals surface area contributed by atoms with E-state index in [0.29, 0.717) is 18.7 Å². The number of aliphatic hydroxyl groups excluding tert-OH is 1. The Morgan fingerprint density at radius 3 is 2.76 bits per heavy atom. The van der Waals surface area contributed by atoms with Crippen LogP contribution in [-0.2, 0) is 4.74 Å². The van der Waals surface area contributed by atoms with Gasteiger partial charge in [-0.25, -0.2) is 4.79 Å². The Balaban J connectivity index is 3.03. The molecule has 4 nitrogen and oxygen atoms in total. The van der Waals surface area contributed by atoms with Crippen LogP contribution in [-0.4, -0.2) is 29.3 Å². The van der Waals surface area contributed by atoms with E-state index in [1.165, 1.54) is 0 Å². The molecule has 0 spiro atoms. The van der Waals surface area contributed by atoms with Gasteiger partial charge in [0.1, 0.15) is 5.69 Å². The van der Waals surface area contributed by atoms with Crippen LogP contribution in [0.5, 0.6) is 0 Å². The highest BCUT2D eigenvalue weighted by Crippen LogP contribution is 2.17. The Kier molecular flexibility index (Phi) is 4.80. The van der Waals surface area contributed by atoms with Crippen molar-refractivity contribution in [1.82, 2.24) is 4.98 Å². The minimum atomic E-state index is -0.358. The van der Waals surface area contributed by atoms with Gasteiger partial charge in [0.05, 0.1) is 13.2 Å². The Bertz CT molecular complexity index is 463. The van der Waals surface area contributed by atoms with Crippen LogP contribution in [0.1, 0.15) is 40.7 Å². The molecule has 0 fully saturated rings. The molecule has 1 heterocycles. The topological polar surface area (TPSA) is 62.3 Å². The number of hydrogen-bond acceptors (Lipinski definition) is 3. The van der Waals surface area contributed by atoms with E-state index in [-0.39, 0.29) is 12.6 Å². The number of nitrogens with one attached hydrogen (secondary N) is 1. The zero-order valence-corrected chi connectivity index (χ0v) is 10.4. The number of aliphatic hydroxyl groups is 1. The van der Waals surface area contributed by atoms with Crippen LogP contribution in [0.25, 0.3) is 0 Å². The summed E-state index contributed by atoms with van der Waals surface area (Å²) in [6.07, 6.45) is 0.429. The quantitative estimate of drug-likeness (QED) is 0.617. The van der Waals surface area contributed by atoms with Gasteiger partial charge in [0, 0.05) is 17.7 Å². The number of hydrogen-bond donors (Lipinski definition) is 2. The van der Waals surface area contributed by atoms with Crippen molar-refractivity contribution in [3.05, 3.63) is 22.5 Å². The van der Waals surface area contributed by atoms with Gasteiger partial charge >= 0.3 is 5.97 Å². The van der Waals surface area contributed by atoms with Crippen molar-refractivity contribution < 1.29 is 14.6 Å². The summed E-state index contributed by atoms with van der Waals surface area (Å²) in [5.74, 6) is 5.44. The van der Waals surface area contributed by atoms with E-state index in [1.54, 1.807) is 6.92 Å². The normalized spacial score (nSPS) is 9.65. The first-order valence-corrected chi connectivity index (χ1v) is 5.57. The summed E-state index contributed by atoms with van der Waals surface area (Å²) in [4.78, 5) is 14.6. The molecule has 17 heavy (non-hydrogen) atoms. The van der Waals surface area contributed by atoms with Crippen molar-refractivity contribution in [1.29, 1.82) is 0 Å². The van der Waals surface area contributed by atoms with Crippen molar-refractivity contribution in [2.75, 3.05) is 13.2 Å². The number of H-pyrrole nitrogens is 1. The van der Waals surface area contributed by atoms with E-state index >= 15 is 0 Å². The first kappa shape index (κ1) is 13.3. The second-order valence-electron chi connectivity index (χ2n) is 3.62. The van der Waals surface area contributed by atoms with Crippen molar-refractivity contribution in [2.45, 2.75) is 27.2 Å². The average molecular weight is 235 g/mol. The van der Waals surface area contributed by atoms with E-state index in [4.69, 9.17) is 9.84 Å². The molecule has 0 saturated heterocycles. The predicted octanol–water partition coefficient (Wildman–Crippen LogP) is 1.54. The molecule has 1 rings (SSSR count). The van der Waals surface area contributed by atoms with Gasteiger partial charge in [-0.1, -0.05) is 11.8 Å². The Hall–Kier alpha value is -1.73. The van der Waals surface area contributed by atoms with E-state index in [0.717, 1.165) is 16.8 Å². The largest absolute Gasteiger partial charge is 0.461 e. The van der Waals surface area contributed by atoms with E-state index in [9.17, 15) is 4.79 Å². The Morgan fingerprint density at radius 1 is 1.47 bits per heavy atom. The molecule has 2 N–H and O–H groups in total. The fraction of sp³-hybridized carbons (Fsp3) is 0.462. The molecule has 0 aliphatic heterocycles. The SMILES string of the molecule is CCOC(=O)c1[nH]c(C)c(C#CCCO)c1C. The second-order valence-corrected chi connectivity index (χ2v) is 3.62. The summed E-state index contributed by atoms with van der Waals surface area (Å²) in [7, 11) is 0. The lowest BCUT2D eigenvalue weighted by atomic mass is 10.1. The number of rotatable bonds is 3. The highest BCUT2D eigenvalue weighted by atomic mass is 16.5. The van der Waals surface area contributed by atoms with Gasteiger partial charge < -0.3 is 14.8 Å². The van der Waals surface area contributed by atoms with Crippen LogP contribution in [0.4, 0.5) is 0 Å². The van der Waals surface area contributed by atoms with E-state index in [2.05, 4.69) is 16.8 Å². The smallest absolute Gasteiger partial charge is 0.355 e. The molecule has 0 saturated carbocycles. The first-order chi connectivity index (χ1) is 8.11. The third kappa shape index (κ3) is 3.11. The molecular weight excluding hydrogens is 218 g/mol.